The Kier molecular flexibility index (Phi) is 2.66. The van der Waals surface area contributed by atoms with Gasteiger partial charge in [-0.1, -0.05) is 6.42 Å². The Morgan fingerprint density at radius 1 is 1.17 bits per heavy atom. The van der Waals surface area contributed by atoms with Crippen LogP contribution in [0.5, 0.6) is 0 Å². The van der Waals surface area contributed by atoms with Crippen LogP contribution in [0, 0.1) is 11.8 Å². The minimum Gasteiger partial charge on any atom is -0.396 e. The molecule has 2 heteroatoms. The molecule has 1 atom stereocenters. The first-order valence-corrected chi connectivity index (χ1v) is 5.21. The van der Waals surface area contributed by atoms with E-state index in [1.54, 1.807) is 0 Å². The molecule has 1 saturated carbocycles. The zero-order valence-electron chi connectivity index (χ0n) is 7.71. The molecule has 1 aliphatic heterocycles. The van der Waals surface area contributed by atoms with Crippen LogP contribution in [0.2, 0.25) is 0 Å². The van der Waals surface area contributed by atoms with E-state index in [1.807, 2.05) is 0 Å². The van der Waals surface area contributed by atoms with Crippen LogP contribution in [-0.4, -0.2) is 36.2 Å². The zero-order chi connectivity index (χ0) is 8.39. The van der Waals surface area contributed by atoms with Crippen LogP contribution in [0.1, 0.15) is 25.7 Å². The van der Waals surface area contributed by atoms with Gasteiger partial charge in [-0.25, -0.2) is 0 Å². The average molecular weight is 169 g/mol. The molecule has 0 aromatic carbocycles. The first-order valence-electron chi connectivity index (χ1n) is 5.21. The highest BCUT2D eigenvalue weighted by atomic mass is 16.3. The lowest BCUT2D eigenvalue weighted by Crippen LogP contribution is -2.31. The summed E-state index contributed by atoms with van der Waals surface area (Å²) in [6.07, 6.45) is 5.55. The van der Waals surface area contributed by atoms with E-state index in [4.69, 9.17) is 5.11 Å². The summed E-state index contributed by atoms with van der Waals surface area (Å²) in [5, 5.41) is 8.96. The van der Waals surface area contributed by atoms with Gasteiger partial charge in [-0.15, -0.1) is 0 Å². The lowest BCUT2D eigenvalue weighted by Gasteiger charge is -2.29. The number of rotatable bonds is 3. The highest BCUT2D eigenvalue weighted by molar-refractivity contribution is 4.79. The number of nitrogens with zero attached hydrogens (tertiary/aromatic N) is 1. The van der Waals surface area contributed by atoms with Gasteiger partial charge < -0.3 is 10.0 Å². The predicted molar refractivity (Wildman–Crippen MR) is 49.0 cm³/mol. The van der Waals surface area contributed by atoms with Crippen molar-refractivity contribution in [2.75, 3.05) is 26.2 Å². The van der Waals surface area contributed by atoms with E-state index < -0.39 is 0 Å². The first-order chi connectivity index (χ1) is 5.88. The summed E-state index contributed by atoms with van der Waals surface area (Å²) >= 11 is 0. The van der Waals surface area contributed by atoms with E-state index in [0.717, 1.165) is 12.5 Å². The summed E-state index contributed by atoms with van der Waals surface area (Å²) in [4.78, 5) is 2.53. The second-order valence-electron chi connectivity index (χ2n) is 4.39. The Balaban J connectivity index is 1.68. The van der Waals surface area contributed by atoms with Crippen molar-refractivity contribution >= 4 is 0 Å². The van der Waals surface area contributed by atoms with Crippen LogP contribution in [-0.2, 0) is 0 Å². The second kappa shape index (κ2) is 3.75. The molecule has 0 bridgehead atoms. The van der Waals surface area contributed by atoms with Gasteiger partial charge in [-0.05, 0) is 37.6 Å². The molecule has 1 N–H and O–H groups in total. The maximum Gasteiger partial charge on any atom is 0.0471 e. The highest BCUT2D eigenvalue weighted by Gasteiger charge is 2.26. The standard InChI is InChI=1S/C10H19NO/c12-8-10-4-5-11(7-10)6-9-2-1-3-9/h9-10,12H,1-8H2. The maximum absolute atomic E-state index is 8.96. The van der Waals surface area contributed by atoms with Gasteiger partial charge in [0.2, 0.25) is 0 Å². The van der Waals surface area contributed by atoms with E-state index in [0.29, 0.717) is 12.5 Å². The van der Waals surface area contributed by atoms with Gasteiger partial charge in [0.15, 0.2) is 0 Å². The number of aliphatic hydroxyl groups excluding tert-OH is 1. The van der Waals surface area contributed by atoms with Gasteiger partial charge >= 0.3 is 0 Å². The zero-order valence-corrected chi connectivity index (χ0v) is 7.71. The summed E-state index contributed by atoms with van der Waals surface area (Å²) in [5.74, 6) is 1.56. The third kappa shape index (κ3) is 1.80. The summed E-state index contributed by atoms with van der Waals surface area (Å²) in [6, 6.07) is 0. The molecule has 2 rings (SSSR count). The summed E-state index contributed by atoms with van der Waals surface area (Å²) in [5.41, 5.74) is 0. The third-order valence-electron chi connectivity index (χ3n) is 3.37. The molecule has 0 spiro atoms. The van der Waals surface area contributed by atoms with Gasteiger partial charge in [0.1, 0.15) is 0 Å². The molecule has 1 aliphatic carbocycles. The Bertz CT molecular complexity index is 145. The molecule has 0 radical (unpaired) electrons. The van der Waals surface area contributed by atoms with E-state index in [2.05, 4.69) is 4.90 Å². The van der Waals surface area contributed by atoms with Gasteiger partial charge in [0.05, 0.1) is 0 Å². The van der Waals surface area contributed by atoms with Crippen molar-refractivity contribution in [3.05, 3.63) is 0 Å². The molecule has 1 unspecified atom stereocenters. The van der Waals surface area contributed by atoms with Crippen LogP contribution in [0.3, 0.4) is 0 Å². The molecular weight excluding hydrogens is 150 g/mol. The second-order valence-corrected chi connectivity index (χ2v) is 4.39. The Labute approximate surface area is 74.6 Å². The molecule has 0 amide bonds. The van der Waals surface area contributed by atoms with Crippen molar-refractivity contribution in [3.63, 3.8) is 0 Å². The van der Waals surface area contributed by atoms with Gasteiger partial charge in [-0.2, -0.15) is 0 Å². The van der Waals surface area contributed by atoms with Crippen molar-refractivity contribution in [1.29, 1.82) is 0 Å². The molecule has 2 nitrogen and oxygen atoms in total. The molecular formula is C10H19NO. The topological polar surface area (TPSA) is 23.5 Å². The molecule has 1 heterocycles. The maximum atomic E-state index is 8.96. The molecule has 1 saturated heterocycles. The molecule has 70 valence electrons. The summed E-state index contributed by atoms with van der Waals surface area (Å²) in [7, 11) is 0. The van der Waals surface area contributed by atoms with Gasteiger partial charge in [-0.3, -0.25) is 0 Å². The monoisotopic (exact) mass is 169 g/mol. The third-order valence-corrected chi connectivity index (χ3v) is 3.37. The minimum atomic E-state index is 0.390. The Morgan fingerprint density at radius 3 is 2.50 bits per heavy atom. The smallest absolute Gasteiger partial charge is 0.0471 e. The average Bonchev–Trinajstić information content (AvgIpc) is 2.44. The lowest BCUT2D eigenvalue weighted by molar-refractivity contribution is 0.184. The minimum absolute atomic E-state index is 0.390. The van der Waals surface area contributed by atoms with Crippen molar-refractivity contribution in [2.24, 2.45) is 11.8 Å². The van der Waals surface area contributed by atoms with Crippen LogP contribution >= 0.6 is 0 Å². The van der Waals surface area contributed by atoms with Gasteiger partial charge in [0.25, 0.3) is 0 Å². The number of hydrogen-bond acceptors (Lipinski definition) is 2. The number of hydrogen-bond donors (Lipinski definition) is 1. The summed E-state index contributed by atoms with van der Waals surface area (Å²) < 4.78 is 0. The Hall–Kier alpha value is -0.0800. The fraction of sp³-hybridized carbons (Fsp3) is 1.00. The molecule has 0 aromatic heterocycles. The summed E-state index contributed by atoms with van der Waals surface area (Å²) in [6.45, 7) is 4.06. The van der Waals surface area contributed by atoms with Crippen molar-refractivity contribution in [2.45, 2.75) is 25.7 Å². The number of aliphatic hydroxyl groups is 1. The SMILES string of the molecule is OCC1CCN(CC2CCC2)C1. The fourth-order valence-electron chi connectivity index (χ4n) is 2.27. The highest BCUT2D eigenvalue weighted by Crippen LogP contribution is 2.28. The quantitative estimate of drug-likeness (QED) is 0.684. The Morgan fingerprint density at radius 2 is 2.00 bits per heavy atom. The molecule has 12 heavy (non-hydrogen) atoms. The van der Waals surface area contributed by atoms with Crippen LogP contribution < -0.4 is 0 Å². The van der Waals surface area contributed by atoms with Crippen molar-refractivity contribution in [1.82, 2.24) is 4.90 Å². The molecule has 0 aromatic rings. The molecule has 2 fully saturated rings. The van der Waals surface area contributed by atoms with Crippen molar-refractivity contribution in [3.8, 4) is 0 Å². The molecule has 2 aliphatic rings. The van der Waals surface area contributed by atoms with Crippen LogP contribution in [0.15, 0.2) is 0 Å². The number of likely N-dealkylation sites (tertiary alicyclic amines) is 1. The normalized spacial score (nSPS) is 32.2. The predicted octanol–water partition coefficient (Wildman–Crippen LogP) is 1.10. The first kappa shape index (κ1) is 8.52. The van der Waals surface area contributed by atoms with Gasteiger partial charge in [0, 0.05) is 19.7 Å². The van der Waals surface area contributed by atoms with E-state index in [-0.39, 0.29) is 0 Å². The van der Waals surface area contributed by atoms with E-state index in [9.17, 15) is 0 Å². The van der Waals surface area contributed by atoms with Crippen LogP contribution in [0.25, 0.3) is 0 Å². The fourth-order valence-corrected chi connectivity index (χ4v) is 2.27. The van der Waals surface area contributed by atoms with Crippen LogP contribution in [0.4, 0.5) is 0 Å². The van der Waals surface area contributed by atoms with E-state index >= 15 is 0 Å². The van der Waals surface area contributed by atoms with Crippen molar-refractivity contribution < 1.29 is 5.11 Å². The largest absolute Gasteiger partial charge is 0.396 e. The lowest BCUT2D eigenvalue weighted by atomic mass is 9.85. The van der Waals surface area contributed by atoms with E-state index in [1.165, 1.54) is 38.8 Å².